The van der Waals surface area contributed by atoms with Crippen molar-refractivity contribution >= 4 is 11.8 Å². The van der Waals surface area contributed by atoms with Crippen molar-refractivity contribution in [2.24, 2.45) is 17.3 Å². The molecule has 0 aromatic rings. The number of carbonyl (C=O) groups is 2. The summed E-state index contributed by atoms with van der Waals surface area (Å²) in [5, 5.41) is 8.66. The third-order valence-corrected chi connectivity index (χ3v) is 3.31. The van der Waals surface area contributed by atoms with Crippen LogP contribution in [-0.4, -0.2) is 23.0 Å². The highest BCUT2D eigenvalue weighted by molar-refractivity contribution is 6.00. The summed E-state index contributed by atoms with van der Waals surface area (Å²) < 4.78 is 38.0. The maximum Gasteiger partial charge on any atom is 0.394 e. The molecule has 3 nitrogen and oxygen atoms in total. The zero-order valence-electron chi connectivity index (χ0n) is 8.26. The maximum absolute atomic E-state index is 12.7. The van der Waals surface area contributed by atoms with Crippen LogP contribution in [0.25, 0.3) is 0 Å². The fourth-order valence-electron chi connectivity index (χ4n) is 1.99. The van der Waals surface area contributed by atoms with Gasteiger partial charge in [-0.25, -0.2) is 0 Å². The molecule has 0 heterocycles. The second-order valence-corrected chi connectivity index (χ2v) is 4.16. The Morgan fingerprint density at radius 2 is 2.00 bits per heavy atom. The third-order valence-electron chi connectivity index (χ3n) is 3.31. The number of carboxylic acid groups (broad SMARTS) is 1. The molecule has 1 fully saturated rings. The van der Waals surface area contributed by atoms with Crippen molar-refractivity contribution in [1.29, 1.82) is 0 Å². The van der Waals surface area contributed by atoms with Gasteiger partial charge < -0.3 is 5.11 Å². The van der Waals surface area contributed by atoms with Crippen LogP contribution in [0.3, 0.4) is 0 Å². The van der Waals surface area contributed by atoms with Gasteiger partial charge in [-0.1, -0.05) is 13.8 Å². The fraction of sp³-hybridized carbons (Fsp3) is 0.778. The average molecular weight is 224 g/mol. The summed E-state index contributed by atoms with van der Waals surface area (Å²) in [4.78, 5) is 21.9. The summed E-state index contributed by atoms with van der Waals surface area (Å²) in [6, 6.07) is 0. The Hall–Kier alpha value is -1.07. The summed E-state index contributed by atoms with van der Waals surface area (Å²) in [6.07, 6.45) is -5.29. The minimum absolute atomic E-state index is 0.741. The lowest BCUT2D eigenvalue weighted by Gasteiger charge is -2.31. The first kappa shape index (κ1) is 12.0. The van der Waals surface area contributed by atoms with Crippen LogP contribution in [-0.2, 0) is 9.59 Å². The average Bonchev–Trinajstić information content (AvgIpc) is 2.22. The number of rotatable bonds is 1. The summed E-state index contributed by atoms with van der Waals surface area (Å²) in [5.41, 5.74) is -2.22. The highest BCUT2D eigenvalue weighted by Crippen LogP contribution is 2.54. The van der Waals surface area contributed by atoms with E-state index in [9.17, 15) is 22.8 Å². The number of Topliss-reactive ketones (excluding diaryl/α,β-unsaturated/α-hetero) is 1. The molecule has 0 spiro atoms. The summed E-state index contributed by atoms with van der Waals surface area (Å²) in [5.74, 6) is -5.06. The van der Waals surface area contributed by atoms with Gasteiger partial charge in [0.15, 0.2) is 0 Å². The lowest BCUT2D eigenvalue weighted by atomic mass is 9.77. The fourth-order valence-corrected chi connectivity index (χ4v) is 1.99. The van der Waals surface area contributed by atoms with Crippen LogP contribution in [0.2, 0.25) is 0 Å². The molecule has 6 heteroatoms. The first-order valence-electron chi connectivity index (χ1n) is 4.43. The lowest BCUT2D eigenvalue weighted by Crippen LogP contribution is -2.39. The number of halogens is 3. The van der Waals surface area contributed by atoms with Gasteiger partial charge >= 0.3 is 12.1 Å². The Bertz CT molecular complexity index is 310. The van der Waals surface area contributed by atoms with Gasteiger partial charge in [-0.2, -0.15) is 13.2 Å². The Morgan fingerprint density at radius 3 is 2.20 bits per heavy atom. The number of carboxylic acids is 1. The van der Waals surface area contributed by atoms with Crippen LogP contribution in [0.1, 0.15) is 20.3 Å². The lowest BCUT2D eigenvalue weighted by molar-refractivity contribution is -0.230. The monoisotopic (exact) mass is 224 g/mol. The molecule has 0 aliphatic heterocycles. The Morgan fingerprint density at radius 1 is 1.53 bits per heavy atom. The molecule has 0 saturated heterocycles. The predicted molar refractivity (Wildman–Crippen MR) is 44.1 cm³/mol. The molecule has 0 bridgehead atoms. The van der Waals surface area contributed by atoms with E-state index in [0.29, 0.717) is 0 Å². The van der Waals surface area contributed by atoms with Crippen molar-refractivity contribution < 1.29 is 27.9 Å². The van der Waals surface area contributed by atoms with Gasteiger partial charge in [0.2, 0.25) is 0 Å². The van der Waals surface area contributed by atoms with Gasteiger partial charge in [0.05, 0.1) is 5.41 Å². The minimum atomic E-state index is -4.55. The van der Waals surface area contributed by atoms with E-state index in [1.165, 1.54) is 0 Å². The first-order valence-corrected chi connectivity index (χ1v) is 4.43. The molecule has 1 aliphatic carbocycles. The van der Waals surface area contributed by atoms with Crippen LogP contribution in [0, 0.1) is 17.3 Å². The van der Waals surface area contributed by atoms with E-state index in [0.717, 1.165) is 13.8 Å². The zero-order chi connectivity index (χ0) is 12.0. The molecule has 15 heavy (non-hydrogen) atoms. The second kappa shape index (κ2) is 3.21. The standard InChI is InChI=1S/C9H11F3O3/c1-4-6(7(14)15)5(13)3-8(4,2)9(10,11)12/h4,6H,3H2,1-2H3,(H,14,15). The van der Waals surface area contributed by atoms with Crippen molar-refractivity contribution in [2.75, 3.05) is 0 Å². The van der Waals surface area contributed by atoms with Crippen LogP contribution < -0.4 is 0 Å². The van der Waals surface area contributed by atoms with Gasteiger partial charge in [-0.15, -0.1) is 0 Å². The van der Waals surface area contributed by atoms with Crippen LogP contribution in [0.4, 0.5) is 13.2 Å². The first-order chi connectivity index (χ1) is 6.61. The van der Waals surface area contributed by atoms with Crippen molar-refractivity contribution in [3.05, 3.63) is 0 Å². The predicted octanol–water partition coefficient (Wildman–Crippen LogP) is 1.86. The van der Waals surface area contributed by atoms with Gasteiger partial charge in [-0.3, -0.25) is 9.59 Å². The Balaban J connectivity index is 3.10. The molecule has 1 aliphatic rings. The number of carbonyl (C=O) groups excluding carboxylic acids is 1. The number of hydrogen-bond acceptors (Lipinski definition) is 2. The van der Waals surface area contributed by atoms with Gasteiger partial charge in [0, 0.05) is 6.42 Å². The summed E-state index contributed by atoms with van der Waals surface area (Å²) in [7, 11) is 0. The zero-order valence-corrected chi connectivity index (χ0v) is 8.26. The molecule has 0 radical (unpaired) electrons. The van der Waals surface area contributed by atoms with Crippen LogP contribution >= 0.6 is 0 Å². The minimum Gasteiger partial charge on any atom is -0.481 e. The van der Waals surface area contributed by atoms with E-state index in [1.54, 1.807) is 0 Å². The SMILES string of the molecule is CC1C(C(=O)O)C(=O)CC1(C)C(F)(F)F. The number of alkyl halides is 3. The van der Waals surface area contributed by atoms with Crippen molar-refractivity contribution in [3.8, 4) is 0 Å². The highest BCUT2D eigenvalue weighted by Gasteiger charge is 2.63. The summed E-state index contributed by atoms with van der Waals surface area (Å²) in [6.45, 7) is 2.07. The smallest absolute Gasteiger partial charge is 0.394 e. The molecule has 0 aromatic carbocycles. The Labute approximate surface area is 84.3 Å². The van der Waals surface area contributed by atoms with Crippen LogP contribution in [0.5, 0.6) is 0 Å². The topological polar surface area (TPSA) is 54.4 Å². The van der Waals surface area contributed by atoms with Crippen molar-refractivity contribution in [1.82, 2.24) is 0 Å². The molecular weight excluding hydrogens is 213 g/mol. The molecule has 1 N–H and O–H groups in total. The molecule has 1 rings (SSSR count). The number of ketones is 1. The molecule has 0 aromatic heterocycles. The largest absolute Gasteiger partial charge is 0.481 e. The van der Waals surface area contributed by atoms with E-state index in [2.05, 4.69) is 0 Å². The van der Waals surface area contributed by atoms with Crippen LogP contribution in [0.15, 0.2) is 0 Å². The quantitative estimate of drug-likeness (QED) is 0.691. The van der Waals surface area contributed by atoms with E-state index in [4.69, 9.17) is 5.11 Å². The van der Waals surface area contributed by atoms with Gasteiger partial charge in [0.1, 0.15) is 11.7 Å². The maximum atomic E-state index is 12.7. The van der Waals surface area contributed by atoms with E-state index in [-0.39, 0.29) is 0 Å². The molecule has 0 amide bonds. The number of aliphatic carboxylic acids is 1. The molecule has 1 saturated carbocycles. The number of hydrogen-bond donors (Lipinski definition) is 1. The highest BCUT2D eigenvalue weighted by atomic mass is 19.4. The van der Waals surface area contributed by atoms with Crippen molar-refractivity contribution in [3.63, 3.8) is 0 Å². The third kappa shape index (κ3) is 1.61. The molecule has 3 atom stereocenters. The van der Waals surface area contributed by atoms with Crippen molar-refractivity contribution in [2.45, 2.75) is 26.4 Å². The van der Waals surface area contributed by atoms with E-state index >= 15 is 0 Å². The molecule has 86 valence electrons. The normalized spacial score (nSPS) is 37.0. The van der Waals surface area contributed by atoms with E-state index < -0.39 is 41.6 Å². The Kier molecular flexibility index (Phi) is 2.57. The molecule has 3 unspecified atom stereocenters. The second-order valence-electron chi connectivity index (χ2n) is 4.16. The summed E-state index contributed by atoms with van der Waals surface area (Å²) >= 11 is 0. The van der Waals surface area contributed by atoms with Gasteiger partial charge in [-0.05, 0) is 5.92 Å². The molecular formula is C9H11F3O3. The van der Waals surface area contributed by atoms with E-state index in [1.807, 2.05) is 0 Å². The van der Waals surface area contributed by atoms with Gasteiger partial charge in [0.25, 0.3) is 0 Å².